The van der Waals surface area contributed by atoms with Gasteiger partial charge >= 0.3 is 0 Å². The first-order chi connectivity index (χ1) is 60.2. The first-order valence-electron chi connectivity index (χ1n) is 45.5. The molecule has 6 heteroatoms. The molecule has 15 aromatic carbocycles. The second kappa shape index (κ2) is 47.6. The highest BCUT2D eigenvalue weighted by atomic mass is 28.3. The lowest BCUT2D eigenvalue weighted by Crippen LogP contribution is -2.77. The van der Waals surface area contributed by atoms with Gasteiger partial charge in [-0.3, -0.25) is 0 Å². The molecule has 0 spiro atoms. The van der Waals surface area contributed by atoms with E-state index < -0.39 is 8.07 Å². The summed E-state index contributed by atoms with van der Waals surface area (Å²) in [4.78, 5) is 7.34. The van der Waals surface area contributed by atoms with E-state index >= 15 is 0 Å². The fourth-order valence-electron chi connectivity index (χ4n) is 17.1. The van der Waals surface area contributed by atoms with Crippen LogP contribution in [0.1, 0.15) is 196 Å². The first kappa shape index (κ1) is 97.6. The molecule has 20 rings (SSSR count). The van der Waals surface area contributed by atoms with E-state index in [4.69, 9.17) is 0 Å². The van der Waals surface area contributed by atoms with Crippen molar-refractivity contribution in [3.63, 3.8) is 0 Å². The number of aromatic nitrogens is 2. The summed E-state index contributed by atoms with van der Waals surface area (Å²) in [5.41, 5.74) is 23.6. The smallest absolute Gasteiger partial charge is 0.184 e. The normalized spacial score (nSPS) is 12.1. The first-order valence-corrected chi connectivity index (χ1v) is 47.5. The van der Waals surface area contributed by atoms with Gasteiger partial charge in [0.2, 0.25) is 0 Å². The topological polar surface area (TPSA) is 19.6 Å². The Balaban J connectivity index is 0.000000229. The highest BCUT2D eigenvalue weighted by Crippen LogP contribution is 2.57. The maximum Gasteiger partial charge on any atom is 0.184 e. The molecule has 0 atom stereocenters. The molecule has 3 aliphatic heterocycles. The van der Waals surface area contributed by atoms with Gasteiger partial charge in [-0.25, -0.2) is 0 Å². The van der Waals surface area contributed by atoms with Gasteiger partial charge in [-0.1, -0.05) is 441 Å². The number of hydrogen-bond acceptors (Lipinski definition) is 3. The molecule has 2 aromatic heterocycles. The van der Waals surface area contributed by atoms with E-state index in [1.807, 2.05) is 138 Å². The Hall–Kier alpha value is -12.5. The fraction of sp³-hybridized carbons (Fsp3) is 0.231. The van der Waals surface area contributed by atoms with Crippen LogP contribution in [0.3, 0.4) is 0 Å². The van der Waals surface area contributed by atoms with Crippen LogP contribution in [0.2, 0.25) is 0 Å². The molecule has 636 valence electrons. The Labute approximate surface area is 742 Å². The Morgan fingerprint density at radius 2 is 0.496 bits per heavy atom. The fourth-order valence-corrected chi connectivity index (χ4v) is 22.2. The third kappa shape index (κ3) is 18.9. The lowest BCUT2D eigenvalue weighted by Gasteiger charge is -2.45. The van der Waals surface area contributed by atoms with Crippen molar-refractivity contribution in [2.75, 3.05) is 14.7 Å². The van der Waals surface area contributed by atoms with E-state index in [1.54, 1.807) is 0 Å². The maximum atomic E-state index is 2.47. The number of benzene rings is 15. The minimum Gasteiger partial charge on any atom is -0.311 e. The van der Waals surface area contributed by atoms with Crippen LogP contribution in [-0.2, 0) is 10.8 Å². The lowest BCUT2D eigenvalue weighted by molar-refractivity contribution is 0.632. The van der Waals surface area contributed by atoms with Gasteiger partial charge in [0.25, 0.3) is 0 Å². The number of nitrogens with zero attached hydrogens (tertiary/aromatic N) is 5. The molecule has 0 saturated carbocycles. The van der Waals surface area contributed by atoms with Crippen LogP contribution in [-0.4, -0.2) is 17.2 Å². The molecular formula is C117H139N5Si. The summed E-state index contributed by atoms with van der Waals surface area (Å²) >= 11 is 0. The van der Waals surface area contributed by atoms with Crippen molar-refractivity contribution >= 4 is 124 Å². The summed E-state index contributed by atoms with van der Waals surface area (Å²) in [6, 6.07) is 139. The van der Waals surface area contributed by atoms with Crippen LogP contribution in [0.25, 0.3) is 55.0 Å². The van der Waals surface area contributed by atoms with Gasteiger partial charge in [-0.2, -0.15) is 0 Å². The van der Waals surface area contributed by atoms with E-state index in [-0.39, 0.29) is 18.3 Å². The predicted molar refractivity (Wildman–Crippen MR) is 554 cm³/mol. The molecular weight excluding hydrogens is 1500 g/mol. The van der Waals surface area contributed by atoms with Gasteiger partial charge in [0.15, 0.2) is 8.07 Å². The molecule has 0 amide bonds. The summed E-state index contributed by atoms with van der Waals surface area (Å²) < 4.78 is 4.82. The number of anilines is 9. The average Bonchev–Trinajstić information content (AvgIpc) is 1.67. The third-order valence-electron chi connectivity index (χ3n) is 21.6. The lowest BCUT2D eigenvalue weighted by atomic mass is 9.73. The zero-order valence-corrected chi connectivity index (χ0v) is 78.6. The average molecular weight is 1640 g/mol. The monoisotopic (exact) mass is 1640 g/mol. The van der Waals surface area contributed by atoms with E-state index in [0.29, 0.717) is 0 Å². The number of rotatable bonds is 7. The SMILES string of the molecule is C.CC.CC.CC.CC.CC.CC.CC.CC.CC.CC.CC1(C)c2ccccc2N(c2ccccc2)c2c1ccc1c2c2ccccc2n1-c1ccccc1.CC1(C)c2ccccc2N(c2ccccc2)c2cc3c4ccccc4n(-c4ccccc4)c3cc21.c1ccc(N2c3ccccc3[Si](c3ccccc3)(c3ccccc3)c3ccccc32)cc1. The Morgan fingerprint density at radius 3 is 0.911 bits per heavy atom. The minimum absolute atomic E-state index is 0. The van der Waals surface area contributed by atoms with Gasteiger partial charge in [0.1, 0.15) is 0 Å². The Morgan fingerprint density at radius 1 is 0.203 bits per heavy atom. The van der Waals surface area contributed by atoms with Gasteiger partial charge in [0.05, 0.1) is 44.8 Å². The van der Waals surface area contributed by atoms with Crippen molar-refractivity contribution in [3.05, 3.63) is 404 Å². The molecule has 5 nitrogen and oxygen atoms in total. The van der Waals surface area contributed by atoms with Crippen molar-refractivity contribution in [1.29, 1.82) is 0 Å². The largest absolute Gasteiger partial charge is 0.311 e. The highest BCUT2D eigenvalue weighted by molar-refractivity contribution is 7.21. The van der Waals surface area contributed by atoms with Gasteiger partial charge in [-0.05, 0) is 158 Å². The molecule has 0 N–H and O–H groups in total. The van der Waals surface area contributed by atoms with Crippen LogP contribution >= 0.6 is 0 Å². The molecule has 0 unspecified atom stereocenters. The standard InChI is InChI=1S/2C33H26N2.C30H23NSi.10C2H6.CH4/c1-33(2)27-18-10-12-20-30(27)35(24-15-7-4-8-16-24)32-21-26-25-17-9-11-19-29(25)34(31(26)22-28(32)33)23-13-5-3-6-14-23;1-33(2)26-18-10-12-20-29(26)35(24-15-7-4-8-16-24)32-27(33)21-22-30-31(32)25-17-9-11-19-28(25)34(30)23-13-5-3-6-14-23;1-4-14-24(15-5-1)31-27-20-10-12-22-29(27)32(25-16-6-2-7-17-25,26-18-8-3-9-19-26)30-23-13-11-21-28(30)31;10*1-2;/h2*3-22H,1-2H3;1-23H;10*1-2H3;1H4. The van der Waals surface area contributed by atoms with Crippen molar-refractivity contribution in [2.24, 2.45) is 0 Å². The molecule has 0 saturated heterocycles. The van der Waals surface area contributed by atoms with Gasteiger partial charge in [-0.15, -0.1) is 0 Å². The summed E-state index contributed by atoms with van der Waals surface area (Å²) in [5, 5.41) is 10.8. The number of fused-ring (bicyclic) bond motifs is 13. The molecule has 0 fully saturated rings. The van der Waals surface area contributed by atoms with E-state index in [2.05, 4.69) is 434 Å². The van der Waals surface area contributed by atoms with Gasteiger partial charge in [0, 0.05) is 72.2 Å². The second-order valence-corrected chi connectivity index (χ2v) is 31.7. The Bertz CT molecular complexity index is 5860. The molecule has 123 heavy (non-hydrogen) atoms. The number of hydrogen-bond donors (Lipinski definition) is 0. The number of para-hydroxylation sites is 11. The zero-order valence-electron chi connectivity index (χ0n) is 77.6. The van der Waals surface area contributed by atoms with E-state index in [1.165, 1.54) is 149 Å². The molecule has 0 aliphatic carbocycles. The summed E-state index contributed by atoms with van der Waals surface area (Å²) in [6.07, 6.45) is 0. The molecule has 5 heterocycles. The van der Waals surface area contributed by atoms with E-state index in [9.17, 15) is 0 Å². The third-order valence-corrected chi connectivity index (χ3v) is 26.5. The molecule has 0 radical (unpaired) electrons. The predicted octanol–water partition coefficient (Wildman–Crippen LogP) is 33.5. The summed E-state index contributed by atoms with van der Waals surface area (Å²) in [6.45, 7) is 49.4. The van der Waals surface area contributed by atoms with Crippen molar-refractivity contribution in [2.45, 2.75) is 184 Å². The maximum absolute atomic E-state index is 2.49. The van der Waals surface area contributed by atoms with Gasteiger partial charge < -0.3 is 23.8 Å². The van der Waals surface area contributed by atoms with Crippen molar-refractivity contribution in [3.8, 4) is 11.4 Å². The van der Waals surface area contributed by atoms with Crippen LogP contribution in [0.5, 0.6) is 0 Å². The quantitative estimate of drug-likeness (QED) is 0.148. The minimum atomic E-state index is -2.49. The molecule has 17 aromatic rings. The van der Waals surface area contributed by atoms with E-state index in [0.717, 1.165) is 0 Å². The van der Waals surface area contributed by atoms with Crippen LogP contribution in [0.4, 0.5) is 51.2 Å². The van der Waals surface area contributed by atoms with Crippen molar-refractivity contribution < 1.29 is 0 Å². The van der Waals surface area contributed by atoms with Crippen molar-refractivity contribution in [1.82, 2.24) is 9.13 Å². The summed E-state index contributed by atoms with van der Waals surface area (Å²) in [7, 11) is -2.49. The zero-order chi connectivity index (χ0) is 88.5. The molecule has 0 bridgehead atoms. The van der Waals surface area contributed by atoms with Crippen LogP contribution < -0.4 is 35.4 Å². The highest BCUT2D eigenvalue weighted by Gasteiger charge is 2.49. The Kier molecular flexibility index (Phi) is 37.8. The second-order valence-electron chi connectivity index (χ2n) is 27.9. The van der Waals surface area contributed by atoms with Crippen LogP contribution in [0.15, 0.2) is 382 Å². The van der Waals surface area contributed by atoms with Crippen LogP contribution in [0, 0.1) is 0 Å². The molecule has 3 aliphatic rings. The summed E-state index contributed by atoms with van der Waals surface area (Å²) in [5.74, 6) is 0.